The number of rotatable bonds is 10. The molecule has 0 bridgehead atoms. The maximum absolute atomic E-state index is 13.3. The molecule has 0 aliphatic heterocycles. The zero-order valence-electron chi connectivity index (χ0n) is 16.6. The van der Waals surface area contributed by atoms with Crippen LogP contribution in [0.1, 0.15) is 62.1 Å². The van der Waals surface area contributed by atoms with Crippen LogP contribution in [-0.4, -0.2) is 18.3 Å². The average Bonchev–Trinajstić information content (AvgIpc) is 2.73. The van der Waals surface area contributed by atoms with Gasteiger partial charge in [0.25, 0.3) is 0 Å². The van der Waals surface area contributed by atoms with Crippen LogP contribution in [0.5, 0.6) is 0 Å². The zero-order chi connectivity index (χ0) is 20.2. The van der Waals surface area contributed by atoms with Gasteiger partial charge in [0.05, 0.1) is 13.2 Å². The van der Waals surface area contributed by atoms with Crippen molar-refractivity contribution in [3.8, 4) is 11.8 Å². The normalized spacial score (nSPS) is 12.2. The first-order chi connectivity index (χ1) is 13.6. The number of hydrogen-bond acceptors (Lipinski definition) is 4. The van der Waals surface area contributed by atoms with E-state index in [9.17, 15) is 9.67 Å². The van der Waals surface area contributed by atoms with Crippen LogP contribution in [0, 0.1) is 11.8 Å². The van der Waals surface area contributed by atoms with Crippen LogP contribution < -0.4 is 0 Å². The third kappa shape index (κ3) is 6.62. The Hall–Kier alpha value is -1.89. The van der Waals surface area contributed by atoms with Crippen molar-refractivity contribution in [1.29, 1.82) is 0 Å². The first-order valence-corrected chi connectivity index (χ1v) is 11.4. The summed E-state index contributed by atoms with van der Waals surface area (Å²) in [7, 11) is -3.73. The van der Waals surface area contributed by atoms with Crippen molar-refractivity contribution >= 4 is 7.60 Å². The average molecular weight is 400 g/mol. The minimum Gasteiger partial charge on any atom is -0.376 e. The summed E-state index contributed by atoms with van der Waals surface area (Å²) >= 11 is 0. The molecular weight excluding hydrogens is 371 g/mol. The van der Waals surface area contributed by atoms with Crippen LogP contribution in [-0.2, 0) is 13.6 Å². The molecule has 28 heavy (non-hydrogen) atoms. The summed E-state index contributed by atoms with van der Waals surface area (Å²) in [4.78, 5) is 0. The lowest BCUT2D eigenvalue weighted by Crippen LogP contribution is -2.09. The first-order valence-electron chi connectivity index (χ1n) is 9.83. The molecule has 0 saturated carbocycles. The van der Waals surface area contributed by atoms with Crippen LogP contribution in [0.15, 0.2) is 54.6 Å². The standard InChI is InChI=1S/C23H29O4P/c1-3-5-18-26-28(25,27-19-6-4-2)23(24)22-15-11-10-14-21(22)17-16-20-12-8-7-9-13-20/h7-15,23-24H,3-6,18-19H2,1-2H3. The van der Waals surface area contributed by atoms with E-state index in [1.807, 2.05) is 50.2 Å². The number of aliphatic hydroxyl groups excluding tert-OH is 1. The fourth-order valence-electron chi connectivity index (χ4n) is 2.52. The molecule has 0 fully saturated rings. The van der Waals surface area contributed by atoms with E-state index in [1.165, 1.54) is 0 Å². The molecule has 0 aromatic heterocycles. The summed E-state index contributed by atoms with van der Waals surface area (Å²) in [5, 5.41) is 10.9. The second-order valence-electron chi connectivity index (χ2n) is 6.49. The second-order valence-corrected chi connectivity index (χ2v) is 8.58. The van der Waals surface area contributed by atoms with Crippen LogP contribution >= 0.6 is 7.60 Å². The summed E-state index contributed by atoms with van der Waals surface area (Å²) in [6.45, 7) is 4.62. The largest absolute Gasteiger partial charge is 0.376 e. The Balaban J connectivity index is 2.29. The number of unbranched alkanes of at least 4 members (excludes halogenated alkanes) is 2. The Bertz CT molecular complexity index is 809. The molecule has 0 amide bonds. The van der Waals surface area contributed by atoms with E-state index >= 15 is 0 Å². The van der Waals surface area contributed by atoms with Crippen molar-refractivity contribution in [2.45, 2.75) is 45.4 Å². The van der Waals surface area contributed by atoms with Crippen LogP contribution in [0.25, 0.3) is 0 Å². The fourth-order valence-corrected chi connectivity index (χ4v) is 4.21. The van der Waals surface area contributed by atoms with Gasteiger partial charge in [-0.1, -0.05) is 74.9 Å². The lowest BCUT2D eigenvalue weighted by molar-refractivity contribution is 0.139. The molecule has 1 unspecified atom stereocenters. The van der Waals surface area contributed by atoms with E-state index in [-0.39, 0.29) is 13.2 Å². The van der Waals surface area contributed by atoms with Gasteiger partial charge in [-0.2, -0.15) is 0 Å². The third-order valence-corrected chi connectivity index (χ3v) is 6.15. The summed E-state index contributed by atoms with van der Waals surface area (Å²) in [6.07, 6.45) is 3.32. The van der Waals surface area contributed by atoms with Crippen LogP contribution in [0.3, 0.4) is 0 Å². The lowest BCUT2D eigenvalue weighted by atomic mass is 10.1. The Morgan fingerprint density at radius 3 is 2.07 bits per heavy atom. The highest BCUT2D eigenvalue weighted by Crippen LogP contribution is 2.60. The number of hydrogen-bond donors (Lipinski definition) is 1. The molecule has 1 atom stereocenters. The smallest absolute Gasteiger partial charge is 0.363 e. The predicted molar refractivity (Wildman–Crippen MR) is 113 cm³/mol. The molecule has 0 spiro atoms. The zero-order valence-corrected chi connectivity index (χ0v) is 17.5. The Labute approximate surface area is 168 Å². The van der Waals surface area contributed by atoms with Gasteiger partial charge in [-0.05, 0) is 31.0 Å². The van der Waals surface area contributed by atoms with Gasteiger partial charge in [-0.25, -0.2) is 0 Å². The second kappa shape index (κ2) is 11.8. The van der Waals surface area contributed by atoms with E-state index in [1.54, 1.807) is 18.2 Å². The summed E-state index contributed by atoms with van der Waals surface area (Å²) < 4.78 is 24.5. The maximum atomic E-state index is 13.3. The van der Waals surface area contributed by atoms with Gasteiger partial charge >= 0.3 is 7.60 Å². The molecule has 4 nitrogen and oxygen atoms in total. The Morgan fingerprint density at radius 2 is 1.46 bits per heavy atom. The fraction of sp³-hybridized carbons (Fsp3) is 0.391. The SMILES string of the molecule is CCCCOP(=O)(OCCCC)C(O)c1ccccc1C#Cc1ccccc1. The predicted octanol–water partition coefficient (Wildman–Crippen LogP) is 5.90. The highest BCUT2D eigenvalue weighted by Gasteiger charge is 2.37. The highest BCUT2D eigenvalue weighted by molar-refractivity contribution is 7.54. The van der Waals surface area contributed by atoms with Crippen molar-refractivity contribution in [3.63, 3.8) is 0 Å². The van der Waals surface area contributed by atoms with Gasteiger partial charge in [-0.3, -0.25) is 4.57 Å². The number of aliphatic hydroxyl groups is 1. The van der Waals surface area contributed by atoms with E-state index in [0.717, 1.165) is 31.2 Å². The van der Waals surface area contributed by atoms with Crippen molar-refractivity contribution in [2.75, 3.05) is 13.2 Å². The van der Waals surface area contributed by atoms with Gasteiger partial charge in [0.1, 0.15) is 0 Å². The topological polar surface area (TPSA) is 55.8 Å². The molecule has 0 saturated heterocycles. The minimum atomic E-state index is -3.73. The summed E-state index contributed by atoms with van der Waals surface area (Å²) in [5.74, 6) is 4.78. The molecule has 2 aromatic carbocycles. The van der Waals surface area contributed by atoms with E-state index in [0.29, 0.717) is 11.1 Å². The van der Waals surface area contributed by atoms with Gasteiger partial charge in [0, 0.05) is 16.7 Å². The van der Waals surface area contributed by atoms with Crippen LogP contribution in [0.4, 0.5) is 0 Å². The molecule has 150 valence electrons. The lowest BCUT2D eigenvalue weighted by Gasteiger charge is -2.24. The monoisotopic (exact) mass is 400 g/mol. The first kappa shape index (κ1) is 22.4. The van der Waals surface area contributed by atoms with Gasteiger partial charge in [0.2, 0.25) is 0 Å². The van der Waals surface area contributed by atoms with E-state index < -0.39 is 13.4 Å². The highest BCUT2D eigenvalue weighted by atomic mass is 31.2. The Kier molecular flexibility index (Phi) is 9.47. The van der Waals surface area contributed by atoms with Gasteiger partial charge in [0.15, 0.2) is 5.85 Å². The minimum absolute atomic E-state index is 0.287. The van der Waals surface area contributed by atoms with Crippen molar-refractivity contribution in [1.82, 2.24) is 0 Å². The molecule has 1 N–H and O–H groups in total. The summed E-state index contributed by atoms with van der Waals surface area (Å²) in [6, 6.07) is 16.7. The van der Waals surface area contributed by atoms with Crippen molar-refractivity contribution < 1.29 is 18.7 Å². The van der Waals surface area contributed by atoms with Crippen molar-refractivity contribution in [3.05, 3.63) is 71.3 Å². The molecule has 0 radical (unpaired) electrons. The molecule has 5 heteroatoms. The van der Waals surface area contributed by atoms with Crippen molar-refractivity contribution in [2.24, 2.45) is 0 Å². The molecule has 0 heterocycles. The quantitative estimate of drug-likeness (QED) is 0.306. The van der Waals surface area contributed by atoms with E-state index in [2.05, 4.69) is 11.8 Å². The van der Waals surface area contributed by atoms with Crippen LogP contribution in [0.2, 0.25) is 0 Å². The van der Waals surface area contributed by atoms with E-state index in [4.69, 9.17) is 9.05 Å². The molecule has 2 aromatic rings. The molecular formula is C23H29O4P. The third-order valence-electron chi connectivity index (χ3n) is 4.19. The van der Waals surface area contributed by atoms with Gasteiger partial charge in [-0.15, -0.1) is 0 Å². The molecule has 2 rings (SSSR count). The molecule has 0 aliphatic carbocycles. The molecule has 0 aliphatic rings. The number of benzene rings is 2. The maximum Gasteiger partial charge on any atom is 0.363 e. The Morgan fingerprint density at radius 1 is 0.893 bits per heavy atom. The summed E-state index contributed by atoms with van der Waals surface area (Å²) in [5.41, 5.74) is 1.94. The van der Waals surface area contributed by atoms with Gasteiger partial charge < -0.3 is 14.2 Å².